The predicted octanol–water partition coefficient (Wildman–Crippen LogP) is 28.5. The van der Waals surface area contributed by atoms with Gasteiger partial charge in [0.15, 0.2) is 0 Å². The van der Waals surface area contributed by atoms with E-state index in [1.54, 1.807) is 20.8 Å². The van der Waals surface area contributed by atoms with Gasteiger partial charge in [0, 0.05) is 31.6 Å². The molecule has 1 unspecified atom stereocenters. The summed E-state index contributed by atoms with van der Waals surface area (Å²) < 4.78 is 116. The van der Waals surface area contributed by atoms with Gasteiger partial charge in [-0.15, -0.1) is 0 Å². The van der Waals surface area contributed by atoms with E-state index in [-0.39, 0.29) is 25.7 Å². The summed E-state index contributed by atoms with van der Waals surface area (Å²) in [5, 5.41) is 0. The van der Waals surface area contributed by atoms with E-state index < -0.39 is 36.0 Å². The van der Waals surface area contributed by atoms with Gasteiger partial charge in [-0.1, -0.05) is 304 Å². The van der Waals surface area contributed by atoms with E-state index in [2.05, 4.69) is 152 Å². The highest BCUT2D eigenvalue weighted by Gasteiger charge is 2.31. The van der Waals surface area contributed by atoms with E-state index >= 15 is 0 Å². The molecule has 0 heterocycles. The van der Waals surface area contributed by atoms with Gasteiger partial charge in [0.25, 0.3) is 0 Å². The average Bonchev–Trinajstić information content (AvgIpc) is 3.22. The lowest BCUT2D eigenvalue weighted by Crippen LogP contribution is -2.15. The molecule has 0 aromatic rings. The second-order valence-electron chi connectivity index (χ2n) is 21.2. The number of halogens is 10. The van der Waals surface area contributed by atoms with Gasteiger partial charge < -0.3 is 0 Å². The van der Waals surface area contributed by atoms with Crippen LogP contribution in [0, 0.1) is 29.6 Å². The van der Waals surface area contributed by atoms with E-state index in [9.17, 15) is 43.9 Å². The number of hydrogen-bond donors (Lipinski definition) is 0. The zero-order valence-electron chi connectivity index (χ0n) is 56.1. The van der Waals surface area contributed by atoms with Crippen LogP contribution in [-0.4, -0.2) is 30.1 Å². The topological polar surface area (TPSA) is 0 Å². The molecule has 0 aliphatic heterocycles. The van der Waals surface area contributed by atoms with E-state index in [1.807, 2.05) is 6.92 Å². The Morgan fingerprint density at radius 3 is 0.507 bits per heavy atom. The van der Waals surface area contributed by atoms with E-state index in [0.717, 1.165) is 57.8 Å². The van der Waals surface area contributed by atoms with Crippen molar-refractivity contribution in [1.82, 2.24) is 0 Å². The van der Waals surface area contributed by atoms with Crippen molar-refractivity contribution >= 4 is 0 Å². The Bertz CT molecular complexity index is 681. The largest absolute Gasteiger partial charge is 0.391 e. The van der Waals surface area contributed by atoms with Crippen LogP contribution in [0.3, 0.4) is 0 Å². The lowest BCUT2D eigenvalue weighted by molar-refractivity contribution is -0.164. The summed E-state index contributed by atoms with van der Waals surface area (Å²) in [6.45, 7) is 62.2. The Labute approximate surface area is 458 Å². The first-order chi connectivity index (χ1) is 33.0. The summed E-state index contributed by atoms with van der Waals surface area (Å²) in [6.07, 6.45) is 15.5. The maximum absolute atomic E-state index is 11.9. The second-order valence-corrected chi connectivity index (χ2v) is 21.2. The third kappa shape index (κ3) is 350. The van der Waals surface area contributed by atoms with Crippen LogP contribution in [0.25, 0.3) is 0 Å². The number of unbranched alkanes of at least 4 members (excludes halogenated alkanes) is 7. The molecule has 0 aliphatic carbocycles. The molecule has 0 fully saturated rings. The molecule has 0 aromatic heterocycles. The van der Waals surface area contributed by atoms with Crippen molar-refractivity contribution in [3.8, 4) is 0 Å². The molecule has 0 amide bonds. The maximum Gasteiger partial charge on any atom is 0.391 e. The first-order valence-electron chi connectivity index (χ1n) is 29.8. The van der Waals surface area contributed by atoms with Crippen molar-refractivity contribution in [2.24, 2.45) is 29.6 Å². The number of alkyl halides is 10. The molecule has 0 nitrogen and oxygen atoms in total. The molecule has 466 valence electrons. The zero-order chi connectivity index (χ0) is 62.3. The third-order valence-electron chi connectivity index (χ3n) is 7.19. The van der Waals surface area contributed by atoms with Crippen molar-refractivity contribution < 1.29 is 43.9 Å². The Morgan fingerprint density at radius 2 is 0.507 bits per heavy atom. The zero-order valence-corrected chi connectivity index (χ0v) is 56.1. The fourth-order valence-electron chi connectivity index (χ4n) is 2.59. The summed E-state index contributed by atoms with van der Waals surface area (Å²) in [7, 11) is 0. The minimum Gasteiger partial charge on any atom is -0.248 e. The van der Waals surface area contributed by atoms with Crippen LogP contribution >= 0.6 is 0 Å². The van der Waals surface area contributed by atoms with Gasteiger partial charge in [-0.3, -0.25) is 0 Å². The highest BCUT2D eigenvalue weighted by atomic mass is 19.4. The first kappa shape index (κ1) is 108. The maximum atomic E-state index is 11.9. The van der Waals surface area contributed by atoms with Crippen LogP contribution in [0.4, 0.5) is 43.9 Å². The van der Waals surface area contributed by atoms with Crippen LogP contribution < -0.4 is 0 Å². The number of hydrogen-bond acceptors (Lipinski definition) is 0. The van der Waals surface area contributed by atoms with Gasteiger partial charge in [-0.25, -0.2) is 30.7 Å². The summed E-state index contributed by atoms with van der Waals surface area (Å²) in [4.78, 5) is 0. The van der Waals surface area contributed by atoms with Gasteiger partial charge in [0.05, 0.1) is 6.17 Å². The summed E-state index contributed by atoms with van der Waals surface area (Å²) in [5.74, 6) is -5.13. The average molecular weight is 1090 g/mol. The normalized spacial score (nSPS) is 10.4. The first-order valence-corrected chi connectivity index (χ1v) is 29.8. The lowest BCUT2D eigenvalue weighted by atomic mass is 10.2. The van der Waals surface area contributed by atoms with E-state index in [0.29, 0.717) is 19.3 Å². The Balaban J connectivity index is -0.0000000431. The van der Waals surface area contributed by atoms with Gasteiger partial charge in [-0.05, 0) is 50.9 Å². The summed E-state index contributed by atoms with van der Waals surface area (Å²) in [6, 6.07) is 0. The minimum atomic E-state index is -4.00. The summed E-state index contributed by atoms with van der Waals surface area (Å²) >= 11 is 0. The third-order valence-corrected chi connectivity index (χ3v) is 7.19. The Morgan fingerprint density at radius 1 is 0.329 bits per heavy atom. The monoisotopic (exact) mass is 1090 g/mol. The molecule has 0 spiro atoms. The van der Waals surface area contributed by atoms with Crippen LogP contribution in [0.15, 0.2) is 0 Å². The Hall–Kier alpha value is -0.700. The smallest absolute Gasteiger partial charge is 0.248 e. The van der Waals surface area contributed by atoms with Crippen molar-refractivity contribution in [3.63, 3.8) is 0 Å². The van der Waals surface area contributed by atoms with Gasteiger partial charge in [0.1, 0.15) is 0 Å². The molecule has 1 atom stereocenters. The standard InChI is InChI=1S/3C5H10F2.C5H11F.4C5H12.C4H7F3.4C4H10.C3H8/c2*1-3-4-5(2,6)7;1-3-5(6,7)4-2;1-3-4-5(2)6;1-4-5(2)3;3*1-3-5-4-2;1-3(2)4(5,6)7;3*1-4(2)3;1-3-4-2;1-3-2/h3*3-4H2,1-2H3;5H,3-4H2,1-2H3;5H,4H2,1-3H3;3*3-5H2,1-2H3;3H,1-2H3;3*4H,1-3H3;3-4H2,1-2H3;3H2,1-2H3. The molecule has 0 bridgehead atoms. The molecule has 0 saturated carbocycles. The number of rotatable bonds is 16. The van der Waals surface area contributed by atoms with Crippen molar-refractivity contribution in [3.05, 3.63) is 0 Å². The van der Waals surface area contributed by atoms with E-state index in [4.69, 9.17) is 0 Å². The SMILES string of the molecule is CC(C)C.CC(C)C.CC(C)C.CC(C)C(F)(F)F.CCC.CCC(C)C.CCC(F)(F)CC.CCCC.CCCC(C)(F)F.CCCC(C)(F)F.CCCC(C)F.CCCCC.CCCCC.CCCCC. The summed E-state index contributed by atoms with van der Waals surface area (Å²) in [5.41, 5.74) is 0. The lowest BCUT2D eigenvalue weighted by Gasteiger charge is -2.08. The molecule has 0 aliphatic rings. The quantitative estimate of drug-likeness (QED) is 0.135. The van der Waals surface area contributed by atoms with E-state index in [1.165, 1.54) is 97.3 Å². The molecule has 0 aromatic carbocycles. The van der Waals surface area contributed by atoms with Crippen molar-refractivity contribution in [2.75, 3.05) is 0 Å². The predicted molar refractivity (Wildman–Crippen MR) is 322 cm³/mol. The van der Waals surface area contributed by atoms with Crippen molar-refractivity contribution in [2.45, 2.75) is 387 Å². The molecule has 73 heavy (non-hydrogen) atoms. The molecule has 0 N–H and O–H groups in total. The molecular formula is C63H144F10. The molecular weight excluding hydrogens is 947 g/mol. The fourth-order valence-corrected chi connectivity index (χ4v) is 2.59. The van der Waals surface area contributed by atoms with Crippen molar-refractivity contribution in [1.29, 1.82) is 0 Å². The molecule has 0 rings (SSSR count). The molecule has 0 saturated heterocycles. The van der Waals surface area contributed by atoms with Crippen LogP contribution in [-0.2, 0) is 0 Å². The van der Waals surface area contributed by atoms with Gasteiger partial charge >= 0.3 is 6.18 Å². The van der Waals surface area contributed by atoms with Crippen LogP contribution in [0.5, 0.6) is 0 Å². The Kier molecular flexibility index (Phi) is 134. The second kappa shape index (κ2) is 90.8. The van der Waals surface area contributed by atoms with Gasteiger partial charge in [0.2, 0.25) is 17.8 Å². The minimum absolute atomic E-state index is 0.00694. The highest BCUT2D eigenvalue weighted by molar-refractivity contribution is 4.58. The molecule has 10 heteroatoms. The van der Waals surface area contributed by atoms with Crippen LogP contribution in [0.1, 0.15) is 356 Å². The van der Waals surface area contributed by atoms with Crippen LogP contribution in [0.2, 0.25) is 0 Å². The molecule has 0 radical (unpaired) electrons. The fraction of sp³-hybridized carbons (Fsp3) is 1.00. The highest BCUT2D eigenvalue weighted by Crippen LogP contribution is 2.24. The van der Waals surface area contributed by atoms with Gasteiger partial charge in [-0.2, -0.15) is 13.2 Å².